The van der Waals surface area contributed by atoms with E-state index in [1.165, 1.54) is 18.2 Å². The second-order valence-electron chi connectivity index (χ2n) is 8.15. The molecule has 2 atom stereocenters. The Labute approximate surface area is 183 Å². The smallest absolute Gasteiger partial charge is 0.337 e. The normalized spacial score (nSPS) is 16.4. The monoisotopic (exact) mass is 416 g/mol. The van der Waals surface area contributed by atoms with Gasteiger partial charge in [-0.05, 0) is 66.6 Å². The summed E-state index contributed by atoms with van der Waals surface area (Å²) < 4.78 is 4.77. The summed E-state index contributed by atoms with van der Waals surface area (Å²) in [6.45, 7) is 2.45. The van der Waals surface area contributed by atoms with E-state index in [1.54, 1.807) is 18.3 Å². The van der Waals surface area contributed by atoms with Crippen molar-refractivity contribution < 1.29 is 14.6 Å². The quantitative estimate of drug-likeness (QED) is 0.594. The number of methoxy groups -OCH3 is 1. The highest BCUT2D eigenvalue weighted by molar-refractivity contribution is 5.90. The summed E-state index contributed by atoms with van der Waals surface area (Å²) >= 11 is 0. The number of nitrogens with zero attached hydrogens (tertiary/aromatic N) is 1. The number of aromatic nitrogens is 1. The van der Waals surface area contributed by atoms with Gasteiger partial charge in [0.2, 0.25) is 0 Å². The minimum Gasteiger partial charge on any atom is -0.465 e. The number of hydrogen-bond donors (Lipinski definition) is 2. The van der Waals surface area contributed by atoms with Crippen molar-refractivity contribution in [2.45, 2.75) is 38.3 Å². The summed E-state index contributed by atoms with van der Waals surface area (Å²) in [7, 11) is 1.39. The number of ether oxygens (including phenoxy) is 1. The second-order valence-corrected chi connectivity index (χ2v) is 8.15. The van der Waals surface area contributed by atoms with Crippen molar-refractivity contribution in [2.24, 2.45) is 0 Å². The summed E-state index contributed by atoms with van der Waals surface area (Å²) in [6, 6.07) is 18.3. The van der Waals surface area contributed by atoms with Gasteiger partial charge in [0.05, 0.1) is 18.8 Å². The number of benzene rings is 2. The first-order valence-electron chi connectivity index (χ1n) is 10.7. The molecule has 0 unspecified atom stereocenters. The first-order chi connectivity index (χ1) is 15.0. The number of esters is 1. The standard InChI is InChI=1S/C26H28N2O3/c1-17-3-4-22(15-27-17)25(29)16-28-24-12-11-19-7-10-21(13-23(19)14-24)18-5-8-20(9-6-18)26(30)31-2/h3-10,13,15,24-25,28-29H,11-12,14,16H2,1-2H3/t24-,25-/m0/s1. The lowest BCUT2D eigenvalue weighted by molar-refractivity contribution is 0.0600. The molecule has 5 heteroatoms. The van der Waals surface area contributed by atoms with Gasteiger partial charge in [-0.15, -0.1) is 0 Å². The summed E-state index contributed by atoms with van der Waals surface area (Å²) in [5, 5.41) is 14.0. The predicted molar refractivity (Wildman–Crippen MR) is 121 cm³/mol. The Morgan fingerprint density at radius 2 is 1.90 bits per heavy atom. The minimum absolute atomic E-state index is 0.325. The van der Waals surface area contributed by atoms with Gasteiger partial charge >= 0.3 is 5.97 Å². The molecule has 1 aromatic heterocycles. The summed E-state index contributed by atoms with van der Waals surface area (Å²) in [6.07, 6.45) is 4.20. The average Bonchev–Trinajstić information content (AvgIpc) is 2.82. The zero-order valence-electron chi connectivity index (χ0n) is 18.0. The van der Waals surface area contributed by atoms with Crippen LogP contribution < -0.4 is 5.32 Å². The Balaban J connectivity index is 1.41. The highest BCUT2D eigenvalue weighted by Crippen LogP contribution is 2.28. The van der Waals surface area contributed by atoms with E-state index in [0.29, 0.717) is 18.2 Å². The number of nitrogens with one attached hydrogen (secondary N) is 1. The number of pyridine rings is 1. The van der Waals surface area contributed by atoms with Gasteiger partial charge in [0.15, 0.2) is 0 Å². The molecule has 31 heavy (non-hydrogen) atoms. The van der Waals surface area contributed by atoms with E-state index in [0.717, 1.165) is 41.6 Å². The van der Waals surface area contributed by atoms with Crippen LogP contribution >= 0.6 is 0 Å². The van der Waals surface area contributed by atoms with Gasteiger partial charge in [0.1, 0.15) is 0 Å². The first kappa shape index (κ1) is 21.2. The molecule has 1 aliphatic carbocycles. The Morgan fingerprint density at radius 1 is 1.13 bits per heavy atom. The van der Waals surface area contributed by atoms with E-state index >= 15 is 0 Å². The maximum atomic E-state index is 11.7. The van der Waals surface area contributed by atoms with Crippen LogP contribution in [0.25, 0.3) is 11.1 Å². The minimum atomic E-state index is -0.561. The lowest BCUT2D eigenvalue weighted by Gasteiger charge is -2.27. The molecule has 1 aliphatic rings. The van der Waals surface area contributed by atoms with Gasteiger partial charge in [-0.2, -0.15) is 0 Å². The van der Waals surface area contributed by atoms with Gasteiger partial charge in [0.25, 0.3) is 0 Å². The maximum absolute atomic E-state index is 11.7. The van der Waals surface area contributed by atoms with Crippen LogP contribution in [0, 0.1) is 6.92 Å². The molecule has 0 fully saturated rings. The summed E-state index contributed by atoms with van der Waals surface area (Å²) in [5.74, 6) is -0.325. The molecular weight excluding hydrogens is 388 g/mol. The third kappa shape index (κ3) is 5.01. The van der Waals surface area contributed by atoms with Crippen LogP contribution in [0.3, 0.4) is 0 Å². The molecule has 1 heterocycles. The summed E-state index contributed by atoms with van der Waals surface area (Å²) in [4.78, 5) is 15.9. The Kier molecular flexibility index (Phi) is 6.44. The Bertz CT molecular complexity index is 1050. The number of rotatable bonds is 6. The fourth-order valence-corrected chi connectivity index (χ4v) is 4.10. The second kappa shape index (κ2) is 9.41. The molecular formula is C26H28N2O3. The summed E-state index contributed by atoms with van der Waals surface area (Å²) in [5.41, 5.74) is 7.28. The van der Waals surface area contributed by atoms with Crippen LogP contribution in [0.5, 0.6) is 0 Å². The molecule has 0 amide bonds. The largest absolute Gasteiger partial charge is 0.465 e. The fourth-order valence-electron chi connectivity index (χ4n) is 4.10. The predicted octanol–water partition coefficient (Wildman–Crippen LogP) is 4.02. The lowest BCUT2D eigenvalue weighted by Crippen LogP contribution is -2.37. The number of aliphatic hydroxyl groups excluding tert-OH is 1. The zero-order valence-corrected chi connectivity index (χ0v) is 18.0. The van der Waals surface area contributed by atoms with Gasteiger partial charge in [-0.3, -0.25) is 4.98 Å². The molecule has 2 aromatic carbocycles. The van der Waals surface area contributed by atoms with Crippen molar-refractivity contribution in [2.75, 3.05) is 13.7 Å². The highest BCUT2D eigenvalue weighted by Gasteiger charge is 2.20. The van der Waals surface area contributed by atoms with Gasteiger partial charge < -0.3 is 15.2 Å². The molecule has 0 spiro atoms. The zero-order chi connectivity index (χ0) is 21.8. The molecule has 4 rings (SSSR count). The van der Waals surface area contributed by atoms with E-state index in [1.807, 2.05) is 31.2 Å². The molecule has 160 valence electrons. The number of aryl methyl sites for hydroxylation is 2. The number of aliphatic hydroxyl groups is 1. The third-order valence-corrected chi connectivity index (χ3v) is 5.99. The molecule has 0 saturated carbocycles. The molecule has 0 aliphatic heterocycles. The first-order valence-corrected chi connectivity index (χ1v) is 10.7. The van der Waals surface area contributed by atoms with Crippen molar-refractivity contribution in [3.05, 3.63) is 88.7 Å². The van der Waals surface area contributed by atoms with Crippen LogP contribution in [0.15, 0.2) is 60.8 Å². The lowest BCUT2D eigenvalue weighted by atomic mass is 9.86. The third-order valence-electron chi connectivity index (χ3n) is 5.99. The van der Waals surface area contributed by atoms with E-state index < -0.39 is 6.10 Å². The van der Waals surface area contributed by atoms with Gasteiger partial charge in [-0.25, -0.2) is 4.79 Å². The number of carbonyl (C=O) groups is 1. The molecule has 0 radical (unpaired) electrons. The molecule has 5 nitrogen and oxygen atoms in total. The van der Waals surface area contributed by atoms with Crippen LogP contribution in [0.2, 0.25) is 0 Å². The van der Waals surface area contributed by atoms with Crippen molar-refractivity contribution in [3.8, 4) is 11.1 Å². The van der Waals surface area contributed by atoms with Crippen molar-refractivity contribution >= 4 is 5.97 Å². The number of hydrogen-bond acceptors (Lipinski definition) is 5. The SMILES string of the molecule is COC(=O)c1ccc(-c2ccc3c(c2)C[C@@H](NC[C@H](O)c2ccc(C)nc2)CC3)cc1. The van der Waals surface area contributed by atoms with Crippen LogP contribution in [0.4, 0.5) is 0 Å². The van der Waals surface area contributed by atoms with E-state index in [9.17, 15) is 9.90 Å². The van der Waals surface area contributed by atoms with Gasteiger partial charge in [0, 0.05) is 30.0 Å². The van der Waals surface area contributed by atoms with Crippen molar-refractivity contribution in [3.63, 3.8) is 0 Å². The van der Waals surface area contributed by atoms with Crippen molar-refractivity contribution in [1.29, 1.82) is 0 Å². The van der Waals surface area contributed by atoms with E-state index in [4.69, 9.17) is 4.74 Å². The highest BCUT2D eigenvalue weighted by atomic mass is 16.5. The van der Waals surface area contributed by atoms with Gasteiger partial charge in [-0.1, -0.05) is 36.4 Å². The molecule has 3 aromatic rings. The maximum Gasteiger partial charge on any atom is 0.337 e. The van der Waals surface area contributed by atoms with Crippen LogP contribution in [-0.2, 0) is 17.6 Å². The molecule has 0 saturated heterocycles. The van der Waals surface area contributed by atoms with Crippen LogP contribution in [0.1, 0.15) is 45.3 Å². The van der Waals surface area contributed by atoms with Crippen molar-refractivity contribution in [1.82, 2.24) is 10.3 Å². The number of fused-ring (bicyclic) bond motifs is 1. The van der Waals surface area contributed by atoms with Crippen LogP contribution in [-0.4, -0.2) is 35.8 Å². The number of carbonyl (C=O) groups excluding carboxylic acids is 1. The van der Waals surface area contributed by atoms with E-state index in [2.05, 4.69) is 28.5 Å². The average molecular weight is 417 g/mol. The molecule has 0 bridgehead atoms. The molecule has 2 N–H and O–H groups in total. The Morgan fingerprint density at radius 3 is 2.61 bits per heavy atom. The topological polar surface area (TPSA) is 71.5 Å². The van der Waals surface area contributed by atoms with E-state index in [-0.39, 0.29) is 5.97 Å². The Hall–Kier alpha value is -3.02. The fraction of sp³-hybridized carbons (Fsp3) is 0.308.